The third-order valence-electron chi connectivity index (χ3n) is 0.576. The molecular weight excluding hydrogens is 291 g/mol. The molecule has 0 spiro atoms. The van der Waals surface area contributed by atoms with Gasteiger partial charge < -0.3 is 29.5 Å². The first-order valence-corrected chi connectivity index (χ1v) is 3.20. The molecule has 0 amide bonds. The molecule has 0 aliphatic heterocycles. The molecule has 0 aliphatic rings. The fourth-order valence-electron chi connectivity index (χ4n) is 0.211. The first kappa shape index (κ1) is 20.3. The van der Waals surface area contributed by atoms with Gasteiger partial charge in [-0.25, -0.2) is 0 Å². The monoisotopic (exact) mass is 295 g/mol. The van der Waals surface area contributed by atoms with Gasteiger partial charge in [0.15, 0.2) is 0 Å². The SMILES string of the molecule is O=C([O-])CO[N+](=O)[O-].O=C([O-])CO[N+](=O)[O-].[Mn+2]. The summed E-state index contributed by atoms with van der Waals surface area (Å²) >= 11 is 0. The van der Waals surface area contributed by atoms with Gasteiger partial charge in [0.1, 0.15) is 13.2 Å². The maximum Gasteiger partial charge on any atom is 2.00 e. The van der Waals surface area contributed by atoms with E-state index in [-0.39, 0.29) is 17.1 Å². The zero-order chi connectivity index (χ0) is 13.1. The topological polar surface area (TPSA) is 185 Å². The Balaban J connectivity index is -0.000000218. The second kappa shape index (κ2) is 11.9. The first-order chi connectivity index (χ1) is 7.25. The van der Waals surface area contributed by atoms with Crippen LogP contribution < -0.4 is 10.2 Å². The molecule has 0 saturated carbocycles. The number of carbonyl (C=O) groups excluding carboxylic acids is 2. The number of nitrogens with zero attached hydrogens (tertiary/aromatic N) is 2. The van der Waals surface area contributed by atoms with Crippen molar-refractivity contribution >= 4 is 11.9 Å². The number of hydrogen-bond acceptors (Lipinski definition) is 10. The van der Waals surface area contributed by atoms with Crippen LogP contribution in [0.1, 0.15) is 0 Å². The van der Waals surface area contributed by atoms with E-state index in [1.54, 1.807) is 0 Å². The molecule has 0 aromatic rings. The Morgan fingerprint density at radius 3 is 1.18 bits per heavy atom. The molecule has 0 rings (SSSR count). The van der Waals surface area contributed by atoms with E-state index < -0.39 is 35.3 Å². The molecule has 0 N–H and O–H groups in total. The van der Waals surface area contributed by atoms with Crippen molar-refractivity contribution in [2.24, 2.45) is 0 Å². The second-order valence-electron chi connectivity index (χ2n) is 1.74. The molecule has 0 aliphatic carbocycles. The molecule has 1 radical (unpaired) electrons. The van der Waals surface area contributed by atoms with Gasteiger partial charge in [-0.05, 0) is 0 Å². The largest absolute Gasteiger partial charge is 2.00 e. The molecule has 0 unspecified atom stereocenters. The van der Waals surface area contributed by atoms with E-state index in [0.29, 0.717) is 0 Å². The van der Waals surface area contributed by atoms with Crippen molar-refractivity contribution in [1.29, 1.82) is 0 Å². The predicted molar refractivity (Wildman–Crippen MR) is 35.9 cm³/mol. The van der Waals surface area contributed by atoms with Crippen LogP contribution in [0.5, 0.6) is 0 Å². The van der Waals surface area contributed by atoms with E-state index in [1.807, 2.05) is 0 Å². The normalized spacial score (nSPS) is 7.53. The van der Waals surface area contributed by atoms with Crippen molar-refractivity contribution in [3.05, 3.63) is 20.2 Å². The quantitative estimate of drug-likeness (QED) is 0.264. The van der Waals surface area contributed by atoms with Crippen LogP contribution >= 0.6 is 0 Å². The summed E-state index contributed by atoms with van der Waals surface area (Å²) in [6.07, 6.45) is 0. The van der Waals surface area contributed by atoms with Gasteiger partial charge in [-0.1, -0.05) is 0 Å². The Bertz CT molecular complexity index is 223. The van der Waals surface area contributed by atoms with Crippen LogP contribution in [0.3, 0.4) is 0 Å². The van der Waals surface area contributed by atoms with E-state index in [2.05, 4.69) is 9.68 Å². The van der Waals surface area contributed by atoms with Gasteiger partial charge in [0.2, 0.25) is 0 Å². The maximum absolute atomic E-state index is 9.36. The summed E-state index contributed by atoms with van der Waals surface area (Å²) in [5, 5.41) is 34.7. The molecule has 0 atom stereocenters. The number of aliphatic carboxylic acids is 2. The van der Waals surface area contributed by atoms with Crippen molar-refractivity contribution in [1.82, 2.24) is 0 Å². The summed E-state index contributed by atoms with van der Waals surface area (Å²) in [5.74, 6) is -3.22. The van der Waals surface area contributed by atoms with E-state index in [1.165, 1.54) is 0 Å². The molecule has 13 heteroatoms. The Kier molecular flexibility index (Phi) is 14.2. The molecule has 17 heavy (non-hydrogen) atoms. The van der Waals surface area contributed by atoms with Gasteiger partial charge in [-0.3, -0.25) is 0 Å². The van der Waals surface area contributed by atoms with Crippen molar-refractivity contribution in [2.75, 3.05) is 13.2 Å². The smallest absolute Gasteiger partial charge is 0.548 e. The Morgan fingerprint density at radius 1 is 0.882 bits per heavy atom. The third kappa shape index (κ3) is 31.6. The van der Waals surface area contributed by atoms with Gasteiger partial charge in [-0.2, -0.15) is 0 Å². The van der Waals surface area contributed by atoms with Crippen molar-refractivity contribution < 1.29 is 56.7 Å². The van der Waals surface area contributed by atoms with Crippen LogP contribution in [-0.4, -0.2) is 35.3 Å². The average molecular weight is 295 g/mol. The van der Waals surface area contributed by atoms with Crippen LogP contribution in [0, 0.1) is 20.2 Å². The van der Waals surface area contributed by atoms with Gasteiger partial charge >= 0.3 is 17.1 Å². The second-order valence-corrected chi connectivity index (χ2v) is 1.74. The van der Waals surface area contributed by atoms with Crippen LogP contribution in [-0.2, 0) is 36.3 Å². The minimum absolute atomic E-state index is 0. The number of rotatable bonds is 6. The van der Waals surface area contributed by atoms with Crippen molar-refractivity contribution in [2.45, 2.75) is 0 Å². The van der Waals surface area contributed by atoms with Crippen LogP contribution in [0.2, 0.25) is 0 Å². The van der Waals surface area contributed by atoms with Crippen LogP contribution in [0.25, 0.3) is 0 Å². The molecule has 97 valence electrons. The summed E-state index contributed by atoms with van der Waals surface area (Å²) in [6.45, 7) is -2.01. The van der Waals surface area contributed by atoms with Crippen molar-refractivity contribution in [3.8, 4) is 0 Å². The Hall–Kier alpha value is -2.14. The predicted octanol–water partition coefficient (Wildman–Crippen LogP) is -4.11. The summed E-state index contributed by atoms with van der Waals surface area (Å²) in [4.78, 5) is 43.8. The van der Waals surface area contributed by atoms with Gasteiger partial charge in [0, 0.05) is 0 Å². The van der Waals surface area contributed by atoms with Gasteiger partial charge in [0.05, 0.1) is 11.9 Å². The van der Waals surface area contributed by atoms with E-state index in [0.717, 1.165) is 0 Å². The molecule has 0 saturated heterocycles. The standard InChI is InChI=1S/2C2H3NO5.Mn/c2*4-2(5)1-8-3(6)7;/h2*1H2,(H,4,5);/q;;+2/p-2. The molecule has 0 bridgehead atoms. The molecule has 0 fully saturated rings. The molecular formula is C4H4MnN2O10. The van der Waals surface area contributed by atoms with Gasteiger partial charge in [-0.15, -0.1) is 20.2 Å². The minimum atomic E-state index is -1.61. The Morgan fingerprint density at radius 2 is 1.12 bits per heavy atom. The minimum Gasteiger partial charge on any atom is -0.548 e. The first-order valence-electron chi connectivity index (χ1n) is 3.20. The zero-order valence-corrected chi connectivity index (χ0v) is 8.95. The van der Waals surface area contributed by atoms with Gasteiger partial charge in [0.25, 0.3) is 10.2 Å². The summed E-state index contributed by atoms with van der Waals surface area (Å²) < 4.78 is 0. The summed E-state index contributed by atoms with van der Waals surface area (Å²) in [7, 11) is 0. The molecule has 0 aromatic carbocycles. The van der Waals surface area contributed by atoms with E-state index in [9.17, 15) is 40.0 Å². The number of carboxylic acid groups (broad SMARTS) is 2. The summed E-state index contributed by atoms with van der Waals surface area (Å²) in [5.41, 5.74) is 0. The zero-order valence-electron chi connectivity index (χ0n) is 7.77. The van der Waals surface area contributed by atoms with Crippen LogP contribution in [0.4, 0.5) is 0 Å². The molecule has 0 aromatic heterocycles. The molecule has 0 heterocycles. The third-order valence-corrected chi connectivity index (χ3v) is 0.576. The maximum atomic E-state index is 9.36. The fourth-order valence-corrected chi connectivity index (χ4v) is 0.211. The van der Waals surface area contributed by atoms with Crippen molar-refractivity contribution in [3.63, 3.8) is 0 Å². The average Bonchev–Trinajstić information content (AvgIpc) is 2.12. The van der Waals surface area contributed by atoms with E-state index in [4.69, 9.17) is 0 Å². The number of hydrogen-bond donors (Lipinski definition) is 0. The molecule has 12 nitrogen and oxygen atoms in total. The Labute approximate surface area is 103 Å². The van der Waals surface area contributed by atoms with E-state index >= 15 is 0 Å². The number of carbonyl (C=O) groups is 2. The van der Waals surface area contributed by atoms with Crippen LogP contribution in [0.15, 0.2) is 0 Å². The fraction of sp³-hybridized carbons (Fsp3) is 0.500. The summed E-state index contributed by atoms with van der Waals surface area (Å²) in [6, 6.07) is 0. The number of carboxylic acids is 2.